The van der Waals surface area contributed by atoms with Crippen LogP contribution in [0.5, 0.6) is 0 Å². The summed E-state index contributed by atoms with van der Waals surface area (Å²) in [5, 5.41) is 2.20. The number of nitrogens with zero attached hydrogens (tertiary/aromatic N) is 2. The number of carbonyl (C=O) groups is 3. The number of amides is 5. The first-order valence-electron chi connectivity index (χ1n) is 9.22. The molecule has 0 aliphatic carbocycles. The van der Waals surface area contributed by atoms with Crippen LogP contribution in [0.1, 0.15) is 32.4 Å². The van der Waals surface area contributed by atoms with E-state index < -0.39 is 47.1 Å². The molecule has 0 aromatic heterocycles. The fraction of sp³-hybridized carbons (Fsp3) is 0.286. The molecule has 3 rings (SSSR count). The number of halogens is 2. The third-order valence-corrected chi connectivity index (χ3v) is 4.31. The van der Waals surface area contributed by atoms with Gasteiger partial charge in [-0.25, -0.2) is 33.0 Å². The van der Waals surface area contributed by atoms with Crippen LogP contribution in [0.25, 0.3) is 0 Å². The van der Waals surface area contributed by atoms with Crippen LogP contribution in [0, 0.1) is 11.6 Å². The molecule has 5 amide bonds. The van der Waals surface area contributed by atoms with Gasteiger partial charge in [-0.2, -0.15) is 0 Å². The molecule has 1 saturated heterocycles. The van der Waals surface area contributed by atoms with Gasteiger partial charge in [-0.1, -0.05) is 36.4 Å². The van der Waals surface area contributed by atoms with Crippen molar-refractivity contribution in [2.45, 2.75) is 32.4 Å². The summed E-state index contributed by atoms with van der Waals surface area (Å²) in [6.45, 7) is 4.81. The zero-order chi connectivity index (χ0) is 22.1. The van der Waals surface area contributed by atoms with E-state index in [0.29, 0.717) is 5.56 Å². The maximum atomic E-state index is 14.0. The van der Waals surface area contributed by atoms with Crippen molar-refractivity contribution < 1.29 is 27.9 Å². The lowest BCUT2D eigenvalue weighted by Gasteiger charge is -2.23. The topological polar surface area (TPSA) is 79.0 Å². The largest absolute Gasteiger partial charge is 0.443 e. The van der Waals surface area contributed by atoms with Crippen LogP contribution in [0.4, 0.5) is 28.9 Å². The molecule has 0 spiro atoms. The Balaban J connectivity index is 1.92. The Labute approximate surface area is 172 Å². The van der Waals surface area contributed by atoms with Gasteiger partial charge < -0.3 is 10.1 Å². The van der Waals surface area contributed by atoms with Gasteiger partial charge in [0.05, 0.1) is 18.3 Å². The van der Waals surface area contributed by atoms with E-state index in [1.54, 1.807) is 51.1 Å². The van der Waals surface area contributed by atoms with Crippen LogP contribution in [0.3, 0.4) is 0 Å². The molecule has 1 unspecified atom stereocenters. The Kier molecular flexibility index (Phi) is 5.73. The fourth-order valence-electron chi connectivity index (χ4n) is 3.00. The minimum atomic E-state index is -1.25. The molecule has 1 atom stereocenters. The van der Waals surface area contributed by atoms with E-state index in [1.165, 1.54) is 12.1 Å². The quantitative estimate of drug-likeness (QED) is 0.753. The summed E-state index contributed by atoms with van der Waals surface area (Å²) in [4.78, 5) is 39.9. The van der Waals surface area contributed by atoms with Crippen LogP contribution in [-0.4, -0.2) is 40.1 Å². The highest BCUT2D eigenvalue weighted by Crippen LogP contribution is 2.31. The average molecular weight is 417 g/mol. The maximum absolute atomic E-state index is 14.0. The molecule has 30 heavy (non-hydrogen) atoms. The first-order chi connectivity index (χ1) is 14.1. The molecule has 0 saturated carbocycles. The summed E-state index contributed by atoms with van der Waals surface area (Å²) >= 11 is 0. The molecule has 1 aliphatic rings. The van der Waals surface area contributed by atoms with Gasteiger partial charge in [0.1, 0.15) is 5.60 Å². The van der Waals surface area contributed by atoms with E-state index in [9.17, 15) is 23.2 Å². The van der Waals surface area contributed by atoms with Crippen molar-refractivity contribution in [1.82, 2.24) is 9.80 Å². The Hall–Kier alpha value is -3.49. The van der Waals surface area contributed by atoms with Gasteiger partial charge in [0.15, 0.2) is 11.6 Å². The van der Waals surface area contributed by atoms with E-state index in [1.807, 2.05) is 0 Å². The molecule has 0 bridgehead atoms. The molecular weight excluding hydrogens is 396 g/mol. The number of nitrogens with one attached hydrogen (secondary N) is 1. The zero-order valence-electron chi connectivity index (χ0n) is 16.7. The summed E-state index contributed by atoms with van der Waals surface area (Å²) in [6.07, 6.45) is -0.902. The lowest BCUT2D eigenvalue weighted by molar-refractivity contribution is 0.0347. The van der Waals surface area contributed by atoms with Crippen LogP contribution in [0.15, 0.2) is 48.5 Å². The van der Waals surface area contributed by atoms with Crippen LogP contribution < -0.4 is 5.32 Å². The van der Waals surface area contributed by atoms with Crippen molar-refractivity contribution in [2.75, 3.05) is 11.9 Å². The molecule has 2 aromatic rings. The van der Waals surface area contributed by atoms with E-state index in [4.69, 9.17) is 4.74 Å². The lowest BCUT2D eigenvalue weighted by Crippen LogP contribution is -2.43. The number of carbonyl (C=O) groups excluding carboxylic acids is 3. The highest BCUT2D eigenvalue weighted by atomic mass is 19.2. The fourth-order valence-corrected chi connectivity index (χ4v) is 3.00. The molecule has 1 aliphatic heterocycles. The Morgan fingerprint density at radius 2 is 1.73 bits per heavy atom. The van der Waals surface area contributed by atoms with Crippen molar-refractivity contribution in [3.8, 4) is 0 Å². The second kappa shape index (κ2) is 8.10. The summed E-state index contributed by atoms with van der Waals surface area (Å²) in [7, 11) is 0. The van der Waals surface area contributed by atoms with Gasteiger partial charge in [0.25, 0.3) is 0 Å². The highest BCUT2D eigenvalue weighted by molar-refractivity contribution is 6.06. The van der Waals surface area contributed by atoms with Gasteiger partial charge >= 0.3 is 18.2 Å². The average Bonchev–Trinajstić information content (AvgIpc) is 3.02. The first kappa shape index (κ1) is 21.2. The maximum Gasteiger partial charge on any atom is 0.418 e. The second-order valence-electron chi connectivity index (χ2n) is 7.70. The van der Waals surface area contributed by atoms with Crippen LogP contribution >= 0.6 is 0 Å². The van der Waals surface area contributed by atoms with Crippen molar-refractivity contribution in [3.05, 3.63) is 65.7 Å². The monoisotopic (exact) mass is 417 g/mol. The summed E-state index contributed by atoms with van der Waals surface area (Å²) in [5.41, 5.74) is -0.679. The molecule has 9 heteroatoms. The predicted molar refractivity (Wildman–Crippen MR) is 105 cm³/mol. The van der Waals surface area contributed by atoms with E-state index >= 15 is 0 Å². The number of benzene rings is 2. The molecule has 158 valence electrons. The summed E-state index contributed by atoms with van der Waals surface area (Å²) in [6, 6.07) is 9.14. The van der Waals surface area contributed by atoms with Crippen LogP contribution in [0.2, 0.25) is 0 Å². The molecule has 0 radical (unpaired) electrons. The third-order valence-electron chi connectivity index (χ3n) is 4.31. The number of hydrogen-bond donors (Lipinski definition) is 1. The number of urea groups is 2. The second-order valence-corrected chi connectivity index (χ2v) is 7.70. The van der Waals surface area contributed by atoms with E-state index in [2.05, 4.69) is 5.32 Å². The Bertz CT molecular complexity index is 976. The third kappa shape index (κ3) is 4.40. The van der Waals surface area contributed by atoms with Gasteiger partial charge in [-0.05, 0) is 38.5 Å². The number of ether oxygens (including phenoxy) is 1. The summed E-state index contributed by atoms with van der Waals surface area (Å²) < 4.78 is 32.7. The van der Waals surface area contributed by atoms with E-state index in [-0.39, 0.29) is 6.54 Å². The molecule has 1 N–H and O–H groups in total. The zero-order valence-corrected chi connectivity index (χ0v) is 16.7. The van der Waals surface area contributed by atoms with Crippen molar-refractivity contribution in [3.63, 3.8) is 0 Å². The molecule has 2 aromatic carbocycles. The molecule has 7 nitrogen and oxygen atoms in total. The summed E-state index contributed by atoms with van der Waals surface area (Å²) in [5.74, 6) is -2.40. The van der Waals surface area contributed by atoms with Crippen molar-refractivity contribution in [1.29, 1.82) is 0 Å². The van der Waals surface area contributed by atoms with Gasteiger partial charge in [-0.15, -0.1) is 0 Å². The highest BCUT2D eigenvalue weighted by Gasteiger charge is 2.46. The van der Waals surface area contributed by atoms with Gasteiger partial charge in [-0.3, -0.25) is 0 Å². The number of imide groups is 2. The number of anilines is 1. The Morgan fingerprint density at radius 3 is 2.37 bits per heavy atom. The SMILES string of the molecule is CC(C)(C)OC(=O)N1CC(c2ccccc2)N(C(=O)Nc2cccc(F)c2F)C1=O. The van der Waals surface area contributed by atoms with Gasteiger partial charge in [0, 0.05) is 0 Å². The Morgan fingerprint density at radius 1 is 1.07 bits per heavy atom. The molecular formula is C21H21F2N3O4. The first-order valence-corrected chi connectivity index (χ1v) is 9.22. The molecule has 1 heterocycles. The lowest BCUT2D eigenvalue weighted by atomic mass is 10.1. The normalized spacial score (nSPS) is 16.6. The van der Waals surface area contributed by atoms with Gasteiger partial charge in [0.2, 0.25) is 0 Å². The standard InChI is InChI=1S/C21H21F2N3O4/c1-21(2,3)30-20(29)25-12-16(13-8-5-4-6-9-13)26(19(25)28)18(27)24-15-11-7-10-14(22)17(15)23/h4-11,16H,12H2,1-3H3,(H,24,27). The van der Waals surface area contributed by atoms with Crippen molar-refractivity contribution in [2.24, 2.45) is 0 Å². The smallest absolute Gasteiger partial charge is 0.418 e. The number of hydrogen-bond acceptors (Lipinski definition) is 4. The van der Waals surface area contributed by atoms with Crippen molar-refractivity contribution >= 4 is 23.8 Å². The number of rotatable bonds is 2. The van der Waals surface area contributed by atoms with Crippen LogP contribution in [-0.2, 0) is 4.74 Å². The minimum absolute atomic E-state index is 0.142. The molecule has 1 fully saturated rings. The van der Waals surface area contributed by atoms with E-state index in [0.717, 1.165) is 15.9 Å². The predicted octanol–water partition coefficient (Wildman–Crippen LogP) is 4.91. The minimum Gasteiger partial charge on any atom is -0.443 e.